The fourth-order valence-electron chi connectivity index (χ4n) is 4.95. The quantitative estimate of drug-likeness (QED) is 0.0325. The second kappa shape index (κ2) is 31.8. The minimum Gasteiger partial charge on any atom is -0.462 e. The maximum atomic E-state index is 12.4. The van der Waals surface area contributed by atoms with E-state index in [0.717, 1.165) is 58.5 Å². The normalized spacial score (nSPS) is 13.6. The van der Waals surface area contributed by atoms with Gasteiger partial charge >= 0.3 is 19.8 Å². The minimum absolute atomic E-state index is 0.224. The Kier molecular flexibility index (Phi) is 30.9. The number of carbonyl (C=O) groups is 2. The summed E-state index contributed by atoms with van der Waals surface area (Å²) >= 11 is 0. The van der Waals surface area contributed by atoms with E-state index < -0.39 is 26.5 Å². The maximum absolute atomic E-state index is 12.4. The number of carbonyl (C=O) groups excluding carboxylic acids is 2. The first-order valence-electron chi connectivity index (χ1n) is 17.9. The molecule has 0 saturated carbocycles. The van der Waals surface area contributed by atoms with Crippen molar-refractivity contribution in [2.45, 2.75) is 180 Å². The Morgan fingerprint density at radius 2 is 1.02 bits per heavy atom. The summed E-state index contributed by atoms with van der Waals surface area (Å²) in [6, 6.07) is 0. The van der Waals surface area contributed by atoms with Crippen LogP contribution in [-0.4, -0.2) is 43.3 Å². The van der Waals surface area contributed by atoms with Crippen LogP contribution in [0.15, 0.2) is 12.2 Å². The first-order chi connectivity index (χ1) is 21.3. The molecule has 0 radical (unpaired) electrons. The molecule has 0 aliphatic carbocycles. The number of allylic oxidation sites excluding steroid dienone is 2. The first kappa shape index (κ1) is 42.8. The highest BCUT2D eigenvalue weighted by Gasteiger charge is 2.24. The van der Waals surface area contributed by atoms with E-state index in [1.165, 1.54) is 89.9 Å². The van der Waals surface area contributed by atoms with Crippen LogP contribution < -0.4 is 0 Å². The Morgan fingerprint density at radius 3 is 1.48 bits per heavy atom. The van der Waals surface area contributed by atoms with Crippen molar-refractivity contribution in [2.24, 2.45) is 0 Å². The average molecular weight is 647 g/mol. The predicted octanol–water partition coefficient (Wildman–Crippen LogP) is 10.6. The van der Waals surface area contributed by atoms with E-state index in [4.69, 9.17) is 14.0 Å². The van der Waals surface area contributed by atoms with Crippen LogP contribution in [0.4, 0.5) is 0 Å². The largest absolute Gasteiger partial charge is 0.472 e. The summed E-state index contributed by atoms with van der Waals surface area (Å²) in [5.41, 5.74) is 0. The predicted molar refractivity (Wildman–Crippen MR) is 180 cm³/mol. The fraction of sp³-hybridized carbons (Fsp3) is 0.886. The molecule has 2 atom stereocenters. The van der Waals surface area contributed by atoms with Gasteiger partial charge in [-0.25, -0.2) is 4.57 Å². The molecule has 9 heteroatoms. The van der Waals surface area contributed by atoms with Crippen LogP contribution in [0.1, 0.15) is 174 Å². The molecule has 0 saturated heterocycles. The van der Waals surface area contributed by atoms with Crippen LogP contribution >= 0.6 is 7.82 Å². The van der Waals surface area contributed by atoms with Gasteiger partial charge in [0.2, 0.25) is 0 Å². The summed E-state index contributed by atoms with van der Waals surface area (Å²) in [5, 5.41) is 0. The number of esters is 2. The number of ether oxygens (including phenoxy) is 2. The Bertz CT molecular complexity index is 742. The van der Waals surface area contributed by atoms with Gasteiger partial charge in [0.1, 0.15) is 6.61 Å². The second-order valence-corrected chi connectivity index (χ2v) is 13.6. The lowest BCUT2D eigenvalue weighted by atomic mass is 10.1. The molecule has 0 aromatic heterocycles. The van der Waals surface area contributed by atoms with Crippen molar-refractivity contribution in [2.75, 3.05) is 20.3 Å². The highest BCUT2D eigenvalue weighted by atomic mass is 31.2. The number of hydrogen-bond donors (Lipinski definition) is 1. The first-order valence-corrected chi connectivity index (χ1v) is 19.4. The van der Waals surface area contributed by atoms with E-state index in [1.807, 2.05) is 0 Å². The third-order valence-corrected chi connectivity index (χ3v) is 8.70. The molecule has 0 aliphatic rings. The SMILES string of the molecule is CCCCCCC/C=C\CCCCCCCC(=O)OC(COC(=O)CCCCCCCCCCCCC)COP(=O)(O)OC. The molecular weight excluding hydrogens is 579 g/mol. The van der Waals surface area contributed by atoms with Crippen LogP contribution in [0.5, 0.6) is 0 Å². The Morgan fingerprint density at radius 1 is 0.614 bits per heavy atom. The second-order valence-electron chi connectivity index (χ2n) is 12.0. The van der Waals surface area contributed by atoms with Gasteiger partial charge in [0.05, 0.1) is 6.61 Å². The van der Waals surface area contributed by atoms with E-state index in [-0.39, 0.29) is 19.0 Å². The summed E-state index contributed by atoms with van der Waals surface area (Å²) in [6.45, 7) is 3.85. The molecule has 1 N–H and O–H groups in total. The molecule has 0 heterocycles. The number of rotatable bonds is 33. The van der Waals surface area contributed by atoms with E-state index in [0.29, 0.717) is 12.8 Å². The van der Waals surface area contributed by atoms with Gasteiger partial charge in [-0.2, -0.15) is 0 Å². The Labute approximate surface area is 270 Å². The molecule has 260 valence electrons. The lowest BCUT2D eigenvalue weighted by molar-refractivity contribution is -0.161. The molecule has 0 spiro atoms. The topological polar surface area (TPSA) is 108 Å². The Balaban J connectivity index is 4.09. The summed E-state index contributed by atoms with van der Waals surface area (Å²) in [7, 11) is -3.19. The number of unbranched alkanes of at least 4 members (excludes halogenated alkanes) is 20. The zero-order valence-corrected chi connectivity index (χ0v) is 29.5. The van der Waals surface area contributed by atoms with E-state index in [2.05, 4.69) is 30.5 Å². The van der Waals surface area contributed by atoms with Gasteiger partial charge in [-0.1, -0.05) is 135 Å². The van der Waals surface area contributed by atoms with Gasteiger partial charge in [0.25, 0.3) is 0 Å². The van der Waals surface area contributed by atoms with Gasteiger partial charge in [0.15, 0.2) is 6.10 Å². The zero-order valence-electron chi connectivity index (χ0n) is 28.6. The molecule has 44 heavy (non-hydrogen) atoms. The zero-order chi connectivity index (χ0) is 32.6. The molecule has 0 fully saturated rings. The average Bonchev–Trinajstić information content (AvgIpc) is 3.01. The van der Waals surface area contributed by atoms with E-state index in [1.54, 1.807) is 0 Å². The standard InChI is InChI=1S/C35H67O8P/c1-4-6-8-10-12-14-16-17-18-20-22-24-26-28-30-35(37)43-33(32-42-44(38,39)40-3)31-41-34(36)29-27-25-23-21-19-15-13-11-9-7-5-2/h16-17,33H,4-15,18-32H2,1-3H3,(H,38,39)/b17-16-. The summed E-state index contributed by atoms with van der Waals surface area (Å²) in [4.78, 5) is 34.2. The molecule has 0 rings (SSSR count). The van der Waals surface area contributed by atoms with Crippen molar-refractivity contribution in [1.82, 2.24) is 0 Å². The third-order valence-electron chi connectivity index (χ3n) is 7.76. The van der Waals surface area contributed by atoms with Crippen molar-refractivity contribution in [1.29, 1.82) is 0 Å². The molecular formula is C35H67O8P. The van der Waals surface area contributed by atoms with Gasteiger partial charge in [-0.3, -0.25) is 18.6 Å². The monoisotopic (exact) mass is 646 g/mol. The fourth-order valence-corrected chi connectivity index (χ4v) is 5.41. The van der Waals surface area contributed by atoms with Gasteiger partial charge < -0.3 is 14.4 Å². The van der Waals surface area contributed by atoms with Crippen molar-refractivity contribution < 1.29 is 37.6 Å². The molecule has 2 unspecified atom stereocenters. The maximum Gasteiger partial charge on any atom is 0.472 e. The van der Waals surface area contributed by atoms with Crippen molar-refractivity contribution in [3.63, 3.8) is 0 Å². The molecule has 8 nitrogen and oxygen atoms in total. The molecule has 0 aromatic rings. The van der Waals surface area contributed by atoms with Crippen LogP contribution in [0, 0.1) is 0 Å². The van der Waals surface area contributed by atoms with Crippen molar-refractivity contribution in [3.8, 4) is 0 Å². The van der Waals surface area contributed by atoms with Crippen LogP contribution in [0.2, 0.25) is 0 Å². The molecule has 0 aromatic carbocycles. The summed E-state index contributed by atoms with van der Waals surface area (Å²) in [6.07, 6.45) is 31.2. The highest BCUT2D eigenvalue weighted by molar-refractivity contribution is 7.47. The van der Waals surface area contributed by atoms with Gasteiger partial charge in [0, 0.05) is 20.0 Å². The van der Waals surface area contributed by atoms with Crippen LogP contribution in [-0.2, 0) is 32.7 Å². The molecule has 0 bridgehead atoms. The third kappa shape index (κ3) is 30.8. The smallest absolute Gasteiger partial charge is 0.462 e. The lowest BCUT2D eigenvalue weighted by Gasteiger charge is -2.19. The molecule has 0 amide bonds. The van der Waals surface area contributed by atoms with E-state index >= 15 is 0 Å². The highest BCUT2D eigenvalue weighted by Crippen LogP contribution is 2.42. The lowest BCUT2D eigenvalue weighted by Crippen LogP contribution is -2.29. The van der Waals surface area contributed by atoms with Gasteiger partial charge in [-0.15, -0.1) is 0 Å². The summed E-state index contributed by atoms with van der Waals surface area (Å²) < 4.78 is 31.8. The minimum atomic E-state index is -4.25. The van der Waals surface area contributed by atoms with E-state index in [9.17, 15) is 19.0 Å². The van der Waals surface area contributed by atoms with Crippen molar-refractivity contribution in [3.05, 3.63) is 12.2 Å². The summed E-state index contributed by atoms with van der Waals surface area (Å²) in [5.74, 6) is -0.810. The number of hydrogen-bond acceptors (Lipinski definition) is 7. The van der Waals surface area contributed by atoms with Crippen LogP contribution in [0.3, 0.4) is 0 Å². The number of phosphoric ester groups is 1. The van der Waals surface area contributed by atoms with Crippen LogP contribution in [0.25, 0.3) is 0 Å². The van der Waals surface area contributed by atoms with Crippen molar-refractivity contribution >= 4 is 19.8 Å². The number of phosphoric acid groups is 1. The molecule has 0 aliphatic heterocycles. The Hall–Kier alpha value is -1.21. The van der Waals surface area contributed by atoms with Gasteiger partial charge in [-0.05, 0) is 38.5 Å².